The number of hydrogen-bond donors (Lipinski definition) is 1. The van der Waals surface area contributed by atoms with Crippen molar-refractivity contribution in [3.63, 3.8) is 0 Å². The zero-order valence-electron chi connectivity index (χ0n) is 10.1. The Morgan fingerprint density at radius 1 is 1.41 bits per heavy atom. The molecular weight excluding hydrogens is 306 g/mol. The molecule has 0 aliphatic heterocycles. The summed E-state index contributed by atoms with van der Waals surface area (Å²) in [4.78, 5) is 0.200. The van der Waals surface area contributed by atoms with Gasteiger partial charge in [-0.2, -0.15) is 0 Å². The Morgan fingerprint density at radius 3 is 2.47 bits per heavy atom. The predicted molar refractivity (Wildman–Crippen MR) is 70.3 cm³/mol. The van der Waals surface area contributed by atoms with Crippen LogP contribution in [-0.4, -0.2) is 31.4 Å². The third-order valence-corrected chi connectivity index (χ3v) is 5.87. The molecule has 1 rings (SSSR count). The van der Waals surface area contributed by atoms with Crippen LogP contribution in [-0.2, 0) is 16.6 Å². The molecule has 0 saturated heterocycles. The molecule has 96 valence electrons. The van der Waals surface area contributed by atoms with E-state index >= 15 is 0 Å². The summed E-state index contributed by atoms with van der Waals surface area (Å²) in [5.41, 5.74) is 1.38. The molecule has 0 fully saturated rings. The zero-order chi connectivity index (χ0) is 13.2. The van der Waals surface area contributed by atoms with Gasteiger partial charge >= 0.3 is 0 Å². The molecule has 6 heteroatoms. The van der Waals surface area contributed by atoms with Crippen LogP contribution in [0.25, 0.3) is 0 Å². The molecule has 4 nitrogen and oxygen atoms in total. The average Bonchev–Trinajstić information content (AvgIpc) is 2.30. The van der Waals surface area contributed by atoms with Crippen molar-refractivity contribution < 1.29 is 13.5 Å². The Bertz CT molecular complexity index is 514. The third kappa shape index (κ3) is 2.88. The van der Waals surface area contributed by atoms with E-state index in [1.54, 1.807) is 19.9 Å². The quantitative estimate of drug-likeness (QED) is 0.921. The number of aliphatic hydroxyl groups excluding tert-OH is 1. The van der Waals surface area contributed by atoms with Gasteiger partial charge in [0, 0.05) is 18.1 Å². The van der Waals surface area contributed by atoms with Crippen molar-refractivity contribution in [1.29, 1.82) is 0 Å². The Morgan fingerprint density at radius 2 is 2.00 bits per heavy atom. The highest BCUT2D eigenvalue weighted by Gasteiger charge is 2.23. The van der Waals surface area contributed by atoms with Crippen molar-refractivity contribution in [3.8, 4) is 0 Å². The maximum Gasteiger partial charge on any atom is 0.243 e. The number of benzene rings is 1. The van der Waals surface area contributed by atoms with E-state index in [-0.39, 0.29) is 11.5 Å². The summed E-state index contributed by atoms with van der Waals surface area (Å²) < 4.78 is 26.3. The van der Waals surface area contributed by atoms with Crippen molar-refractivity contribution in [2.75, 3.05) is 13.6 Å². The van der Waals surface area contributed by atoms with Crippen molar-refractivity contribution in [1.82, 2.24) is 4.31 Å². The first-order chi connectivity index (χ1) is 7.84. The minimum atomic E-state index is -3.50. The van der Waals surface area contributed by atoms with Gasteiger partial charge in [0.1, 0.15) is 0 Å². The summed E-state index contributed by atoms with van der Waals surface area (Å²) in [7, 11) is -1.97. The fourth-order valence-electron chi connectivity index (χ4n) is 1.43. The molecule has 0 spiro atoms. The topological polar surface area (TPSA) is 57.6 Å². The van der Waals surface area contributed by atoms with Crippen LogP contribution in [0.2, 0.25) is 0 Å². The Kier molecular flexibility index (Phi) is 4.71. The van der Waals surface area contributed by atoms with Crippen molar-refractivity contribution in [3.05, 3.63) is 27.7 Å². The molecule has 0 amide bonds. The van der Waals surface area contributed by atoms with E-state index in [9.17, 15) is 8.42 Å². The lowest BCUT2D eigenvalue weighted by molar-refractivity contribution is 0.281. The molecule has 0 unspecified atom stereocenters. The average molecular weight is 322 g/mol. The molecule has 0 bridgehead atoms. The molecule has 0 aliphatic carbocycles. The lowest BCUT2D eigenvalue weighted by Gasteiger charge is -2.17. The van der Waals surface area contributed by atoms with Crippen molar-refractivity contribution >= 4 is 26.0 Å². The number of hydrogen-bond acceptors (Lipinski definition) is 3. The maximum atomic E-state index is 12.2. The third-order valence-electron chi connectivity index (χ3n) is 2.60. The molecule has 1 aromatic rings. The number of halogens is 1. The molecule has 1 aromatic carbocycles. The van der Waals surface area contributed by atoms with Crippen LogP contribution >= 0.6 is 15.9 Å². The normalized spacial score (nSPS) is 12.1. The Hall–Kier alpha value is -0.430. The minimum Gasteiger partial charge on any atom is -0.392 e. The van der Waals surface area contributed by atoms with Gasteiger partial charge in [0.15, 0.2) is 0 Å². The van der Waals surface area contributed by atoms with Gasteiger partial charge in [-0.3, -0.25) is 0 Å². The van der Waals surface area contributed by atoms with Gasteiger partial charge in [-0.25, -0.2) is 12.7 Å². The highest BCUT2D eigenvalue weighted by molar-refractivity contribution is 9.10. The molecular formula is C11H16BrNO3S. The van der Waals surface area contributed by atoms with Crippen LogP contribution in [0.15, 0.2) is 21.5 Å². The van der Waals surface area contributed by atoms with E-state index in [2.05, 4.69) is 15.9 Å². The largest absolute Gasteiger partial charge is 0.392 e. The summed E-state index contributed by atoms with van der Waals surface area (Å²) in [6.07, 6.45) is 0. The Labute approximate surface area is 110 Å². The fourth-order valence-corrected chi connectivity index (χ4v) is 3.63. The first kappa shape index (κ1) is 14.6. The summed E-state index contributed by atoms with van der Waals surface area (Å²) in [5, 5.41) is 9.12. The van der Waals surface area contributed by atoms with Gasteiger partial charge in [0.05, 0.1) is 11.5 Å². The van der Waals surface area contributed by atoms with Crippen molar-refractivity contribution in [2.24, 2.45) is 0 Å². The zero-order valence-corrected chi connectivity index (χ0v) is 12.5. The fraction of sp³-hybridized carbons (Fsp3) is 0.455. The minimum absolute atomic E-state index is 0.174. The van der Waals surface area contributed by atoms with Gasteiger partial charge in [-0.05, 0) is 40.0 Å². The van der Waals surface area contributed by atoms with Gasteiger partial charge in [0.2, 0.25) is 10.0 Å². The van der Waals surface area contributed by atoms with Crippen LogP contribution in [0, 0.1) is 6.92 Å². The van der Waals surface area contributed by atoms with Gasteiger partial charge in [-0.15, -0.1) is 0 Å². The number of sulfonamides is 1. The van der Waals surface area contributed by atoms with Gasteiger partial charge < -0.3 is 5.11 Å². The maximum absolute atomic E-state index is 12.2. The standard InChI is InChI=1S/C11H16BrNO3S/c1-4-13(3)17(15,16)10-6-9(7-14)5-8(2)11(10)12/h5-6,14H,4,7H2,1-3H3. The predicted octanol–water partition coefficient (Wildman–Crippen LogP) is 1.89. The van der Waals surface area contributed by atoms with Crippen LogP contribution in [0.3, 0.4) is 0 Å². The summed E-state index contributed by atoms with van der Waals surface area (Å²) in [6, 6.07) is 3.26. The van der Waals surface area contributed by atoms with Crippen LogP contribution in [0.5, 0.6) is 0 Å². The molecule has 0 atom stereocenters. The monoisotopic (exact) mass is 321 g/mol. The number of nitrogens with zero attached hydrogens (tertiary/aromatic N) is 1. The molecule has 0 radical (unpaired) electrons. The lowest BCUT2D eigenvalue weighted by atomic mass is 10.1. The molecule has 0 saturated carbocycles. The van der Waals surface area contributed by atoms with Crippen LogP contribution in [0.1, 0.15) is 18.1 Å². The summed E-state index contributed by atoms with van der Waals surface area (Å²) in [5.74, 6) is 0. The second kappa shape index (κ2) is 5.48. The van der Waals surface area contributed by atoms with Crippen LogP contribution < -0.4 is 0 Å². The summed E-state index contributed by atoms with van der Waals surface area (Å²) in [6.45, 7) is 3.80. The number of rotatable bonds is 4. The van der Waals surface area contributed by atoms with E-state index in [4.69, 9.17) is 5.11 Å². The molecule has 1 N–H and O–H groups in total. The number of aryl methyl sites for hydroxylation is 1. The van der Waals surface area contributed by atoms with E-state index in [1.165, 1.54) is 17.4 Å². The second-order valence-corrected chi connectivity index (χ2v) is 6.61. The second-order valence-electron chi connectivity index (χ2n) is 3.80. The van der Waals surface area contributed by atoms with Crippen molar-refractivity contribution in [2.45, 2.75) is 25.3 Å². The van der Waals surface area contributed by atoms with Gasteiger partial charge in [-0.1, -0.05) is 13.0 Å². The first-order valence-electron chi connectivity index (χ1n) is 5.20. The van der Waals surface area contributed by atoms with E-state index in [0.29, 0.717) is 16.6 Å². The first-order valence-corrected chi connectivity index (χ1v) is 7.44. The summed E-state index contributed by atoms with van der Waals surface area (Å²) >= 11 is 3.29. The van der Waals surface area contributed by atoms with E-state index in [1.807, 2.05) is 0 Å². The lowest BCUT2D eigenvalue weighted by Crippen LogP contribution is -2.27. The van der Waals surface area contributed by atoms with E-state index in [0.717, 1.165) is 5.56 Å². The molecule has 17 heavy (non-hydrogen) atoms. The van der Waals surface area contributed by atoms with Gasteiger partial charge in [0.25, 0.3) is 0 Å². The number of aliphatic hydroxyl groups is 1. The Balaban J connectivity index is 3.45. The van der Waals surface area contributed by atoms with Crippen LogP contribution in [0.4, 0.5) is 0 Å². The highest BCUT2D eigenvalue weighted by atomic mass is 79.9. The highest BCUT2D eigenvalue weighted by Crippen LogP contribution is 2.29. The molecule has 0 heterocycles. The molecule has 0 aliphatic rings. The SMILES string of the molecule is CCN(C)S(=O)(=O)c1cc(CO)cc(C)c1Br. The molecule has 0 aromatic heterocycles. The smallest absolute Gasteiger partial charge is 0.243 e. The van der Waals surface area contributed by atoms with E-state index < -0.39 is 10.0 Å².